The van der Waals surface area contributed by atoms with Gasteiger partial charge in [0.25, 0.3) is 0 Å². The van der Waals surface area contributed by atoms with Gasteiger partial charge in [-0.2, -0.15) is 0 Å². The summed E-state index contributed by atoms with van der Waals surface area (Å²) in [4.78, 5) is 36.0. The first-order valence-corrected chi connectivity index (χ1v) is 6.84. The maximum absolute atomic E-state index is 12.0. The molecule has 1 rings (SSSR count). The predicted molar refractivity (Wildman–Crippen MR) is 73.2 cm³/mol. The lowest BCUT2D eigenvalue weighted by Crippen LogP contribution is -2.57. The molecule has 7 heteroatoms. The predicted octanol–water partition coefficient (Wildman–Crippen LogP) is 0.407. The minimum absolute atomic E-state index is 0.0359. The number of carboxylic acids is 1. The van der Waals surface area contributed by atoms with Gasteiger partial charge in [0, 0.05) is 13.6 Å². The van der Waals surface area contributed by atoms with Crippen LogP contribution in [0.3, 0.4) is 0 Å². The number of aliphatic carboxylic acids is 1. The Balaban J connectivity index is 2.52. The highest BCUT2D eigenvalue weighted by Gasteiger charge is 2.49. The number of nitrogens with one attached hydrogen (secondary N) is 2. The second-order valence-corrected chi connectivity index (χ2v) is 5.42. The number of carbonyl (C=O) groups is 3. The summed E-state index contributed by atoms with van der Waals surface area (Å²) in [6, 6.07) is -0.548. The van der Waals surface area contributed by atoms with E-state index in [1.165, 1.54) is 18.9 Å². The van der Waals surface area contributed by atoms with E-state index in [1.54, 1.807) is 0 Å². The summed E-state index contributed by atoms with van der Waals surface area (Å²) in [6.45, 7) is 3.91. The third-order valence-corrected chi connectivity index (χ3v) is 3.50. The van der Waals surface area contributed by atoms with Gasteiger partial charge in [0.15, 0.2) is 0 Å². The van der Waals surface area contributed by atoms with E-state index in [2.05, 4.69) is 10.6 Å². The van der Waals surface area contributed by atoms with Gasteiger partial charge < -0.3 is 20.6 Å². The molecule has 0 saturated heterocycles. The topological polar surface area (TPSA) is 98.7 Å². The number of hydrogen-bond acceptors (Lipinski definition) is 3. The van der Waals surface area contributed by atoms with Crippen LogP contribution in [-0.4, -0.2) is 53.6 Å². The Morgan fingerprint density at radius 3 is 2.40 bits per heavy atom. The molecule has 0 aromatic carbocycles. The highest BCUT2D eigenvalue weighted by molar-refractivity contribution is 5.88. The van der Waals surface area contributed by atoms with E-state index in [9.17, 15) is 19.5 Å². The molecule has 114 valence electrons. The van der Waals surface area contributed by atoms with Crippen LogP contribution in [0.25, 0.3) is 0 Å². The Kier molecular flexibility index (Phi) is 5.35. The molecular weight excluding hydrogens is 262 g/mol. The van der Waals surface area contributed by atoms with Gasteiger partial charge in [-0.3, -0.25) is 4.79 Å². The normalized spacial score (nSPS) is 16.9. The highest BCUT2D eigenvalue weighted by Crippen LogP contribution is 2.39. The van der Waals surface area contributed by atoms with Crippen molar-refractivity contribution in [1.82, 2.24) is 15.5 Å². The highest BCUT2D eigenvalue weighted by atomic mass is 16.4. The second-order valence-electron chi connectivity index (χ2n) is 5.42. The minimum atomic E-state index is -1.26. The molecule has 7 nitrogen and oxygen atoms in total. The Labute approximate surface area is 118 Å². The molecule has 1 aliphatic rings. The van der Waals surface area contributed by atoms with Crippen molar-refractivity contribution >= 4 is 17.9 Å². The summed E-state index contributed by atoms with van der Waals surface area (Å²) >= 11 is 0. The molecule has 0 aliphatic heterocycles. The lowest BCUT2D eigenvalue weighted by molar-refractivity contribution is -0.144. The van der Waals surface area contributed by atoms with Crippen LogP contribution in [0.2, 0.25) is 0 Å². The lowest BCUT2D eigenvalue weighted by Gasteiger charge is -2.29. The van der Waals surface area contributed by atoms with E-state index in [-0.39, 0.29) is 18.4 Å². The van der Waals surface area contributed by atoms with E-state index in [0.717, 1.165) is 19.3 Å². The molecule has 0 aromatic heterocycles. The van der Waals surface area contributed by atoms with E-state index in [4.69, 9.17) is 0 Å². The molecule has 0 spiro atoms. The van der Waals surface area contributed by atoms with Gasteiger partial charge in [-0.1, -0.05) is 6.92 Å². The number of rotatable bonds is 7. The number of nitrogens with zero attached hydrogens (tertiary/aromatic N) is 1. The monoisotopic (exact) mass is 285 g/mol. The molecule has 0 aromatic rings. The Hall–Kier alpha value is -1.79. The van der Waals surface area contributed by atoms with Crippen molar-refractivity contribution in [3.05, 3.63) is 0 Å². The van der Waals surface area contributed by atoms with Gasteiger partial charge in [-0.15, -0.1) is 0 Å². The number of hydrogen-bond donors (Lipinski definition) is 3. The van der Waals surface area contributed by atoms with Crippen molar-refractivity contribution in [3.63, 3.8) is 0 Å². The third kappa shape index (κ3) is 4.11. The fourth-order valence-electron chi connectivity index (χ4n) is 1.92. The van der Waals surface area contributed by atoms with E-state index in [1.807, 2.05) is 6.92 Å². The van der Waals surface area contributed by atoms with Crippen molar-refractivity contribution in [2.24, 2.45) is 5.92 Å². The maximum atomic E-state index is 12.0. The van der Waals surface area contributed by atoms with E-state index in [0.29, 0.717) is 6.54 Å². The molecule has 1 saturated carbocycles. The zero-order valence-electron chi connectivity index (χ0n) is 12.2. The van der Waals surface area contributed by atoms with Crippen LogP contribution in [0.15, 0.2) is 0 Å². The molecule has 1 unspecified atom stereocenters. The number of urea groups is 1. The van der Waals surface area contributed by atoms with Crippen LogP contribution >= 0.6 is 0 Å². The van der Waals surface area contributed by atoms with Gasteiger partial charge in [-0.25, -0.2) is 9.59 Å². The average molecular weight is 285 g/mol. The largest absolute Gasteiger partial charge is 0.480 e. The third-order valence-electron chi connectivity index (χ3n) is 3.50. The average Bonchev–Trinajstić information content (AvgIpc) is 3.20. The van der Waals surface area contributed by atoms with Crippen LogP contribution in [0.4, 0.5) is 4.79 Å². The van der Waals surface area contributed by atoms with Crippen LogP contribution in [0.5, 0.6) is 0 Å². The molecule has 1 fully saturated rings. The fourth-order valence-corrected chi connectivity index (χ4v) is 1.92. The standard InChI is InChI=1S/C13H23N3O4/c1-4-7-14-10(17)8-16(3)12(20)15-13(2,11(18)19)9-5-6-9/h9H,4-8H2,1-3H3,(H,14,17)(H,15,20)(H,18,19). The van der Waals surface area contributed by atoms with Crippen LogP contribution in [-0.2, 0) is 9.59 Å². The summed E-state index contributed by atoms with van der Waals surface area (Å²) in [5.74, 6) is -1.34. The summed E-state index contributed by atoms with van der Waals surface area (Å²) < 4.78 is 0. The number of likely N-dealkylation sites (N-methyl/N-ethyl adjacent to an activating group) is 1. The van der Waals surface area contributed by atoms with Crippen molar-refractivity contribution in [1.29, 1.82) is 0 Å². The SMILES string of the molecule is CCCNC(=O)CN(C)C(=O)NC(C)(C(=O)O)C1CC1. The first kappa shape index (κ1) is 16.3. The first-order chi connectivity index (χ1) is 9.31. The van der Waals surface area contributed by atoms with Crippen molar-refractivity contribution < 1.29 is 19.5 Å². The molecule has 0 radical (unpaired) electrons. The van der Waals surface area contributed by atoms with Crippen molar-refractivity contribution in [2.75, 3.05) is 20.1 Å². The lowest BCUT2D eigenvalue weighted by atomic mass is 9.96. The Morgan fingerprint density at radius 2 is 1.95 bits per heavy atom. The Bertz CT molecular complexity index is 395. The summed E-state index contributed by atoms with van der Waals surface area (Å²) in [5, 5.41) is 14.4. The van der Waals surface area contributed by atoms with Gasteiger partial charge in [-0.05, 0) is 32.1 Å². The van der Waals surface area contributed by atoms with Crippen LogP contribution in [0.1, 0.15) is 33.1 Å². The molecule has 20 heavy (non-hydrogen) atoms. The van der Waals surface area contributed by atoms with Crippen LogP contribution in [0, 0.1) is 5.92 Å². The smallest absolute Gasteiger partial charge is 0.329 e. The molecule has 1 atom stereocenters. The van der Waals surface area contributed by atoms with E-state index < -0.39 is 17.5 Å². The molecule has 1 aliphatic carbocycles. The number of carbonyl (C=O) groups excluding carboxylic acids is 2. The molecule has 3 amide bonds. The molecule has 3 N–H and O–H groups in total. The number of amides is 3. The van der Waals surface area contributed by atoms with E-state index >= 15 is 0 Å². The summed E-state index contributed by atoms with van der Waals surface area (Å²) in [6.07, 6.45) is 2.41. The van der Waals surface area contributed by atoms with Gasteiger partial charge in [0.1, 0.15) is 12.1 Å². The quantitative estimate of drug-likeness (QED) is 0.631. The van der Waals surface area contributed by atoms with Gasteiger partial charge in [0.2, 0.25) is 5.91 Å². The molecular formula is C13H23N3O4. The molecule has 0 heterocycles. The fraction of sp³-hybridized carbons (Fsp3) is 0.769. The molecule has 0 bridgehead atoms. The first-order valence-electron chi connectivity index (χ1n) is 6.84. The number of carboxylic acid groups (broad SMARTS) is 1. The van der Waals surface area contributed by atoms with Gasteiger partial charge in [0.05, 0.1) is 0 Å². The van der Waals surface area contributed by atoms with Crippen LogP contribution < -0.4 is 10.6 Å². The Morgan fingerprint density at radius 1 is 1.35 bits per heavy atom. The van der Waals surface area contributed by atoms with Crippen molar-refractivity contribution in [3.8, 4) is 0 Å². The summed E-state index contributed by atoms with van der Waals surface area (Å²) in [7, 11) is 1.47. The summed E-state index contributed by atoms with van der Waals surface area (Å²) in [5.41, 5.74) is -1.26. The minimum Gasteiger partial charge on any atom is -0.480 e. The zero-order valence-corrected chi connectivity index (χ0v) is 12.2. The van der Waals surface area contributed by atoms with Gasteiger partial charge >= 0.3 is 12.0 Å². The van der Waals surface area contributed by atoms with Crippen molar-refractivity contribution in [2.45, 2.75) is 38.6 Å². The maximum Gasteiger partial charge on any atom is 0.329 e. The zero-order chi connectivity index (χ0) is 15.3. The second kappa shape index (κ2) is 6.58.